The van der Waals surface area contributed by atoms with E-state index < -0.39 is 17.0 Å². The van der Waals surface area contributed by atoms with E-state index in [9.17, 15) is 13.6 Å². The number of nitrogens with one attached hydrogen (secondary N) is 1. The van der Waals surface area contributed by atoms with E-state index in [1.165, 1.54) is 16.8 Å². The van der Waals surface area contributed by atoms with Gasteiger partial charge in [-0.2, -0.15) is 0 Å². The quantitative estimate of drug-likeness (QED) is 0.738. The van der Waals surface area contributed by atoms with E-state index in [0.29, 0.717) is 16.1 Å². The lowest BCUT2D eigenvalue weighted by Gasteiger charge is -2.15. The molecular formula is C14H13Cl3N3O3S-. The molecule has 0 saturated heterocycles. The Balaban J connectivity index is 0.00000288. The van der Waals surface area contributed by atoms with E-state index in [2.05, 4.69) is 0 Å². The molecule has 10 heteroatoms. The van der Waals surface area contributed by atoms with Gasteiger partial charge in [-0.25, -0.2) is 0 Å². The zero-order chi connectivity index (χ0) is 17.1. The van der Waals surface area contributed by atoms with Crippen molar-refractivity contribution in [2.45, 2.75) is 12.3 Å². The van der Waals surface area contributed by atoms with Gasteiger partial charge in [0.2, 0.25) is 0 Å². The first-order valence-electron chi connectivity index (χ1n) is 6.35. The molecule has 1 aromatic carbocycles. The number of hydrogen-bond acceptors (Lipinski definition) is 4. The molecule has 2 aromatic rings. The number of pyridine rings is 1. The first-order valence-corrected chi connectivity index (χ1v) is 8.35. The minimum Gasteiger partial charge on any atom is -0.772 e. The van der Waals surface area contributed by atoms with Crippen LogP contribution < -0.4 is 11.2 Å². The molecule has 0 spiro atoms. The van der Waals surface area contributed by atoms with E-state index >= 15 is 0 Å². The van der Waals surface area contributed by atoms with Gasteiger partial charge in [0.1, 0.15) is 5.49 Å². The number of amides is 1. The summed E-state index contributed by atoms with van der Waals surface area (Å²) in [6.07, 6.45) is 1.47. The van der Waals surface area contributed by atoms with Crippen molar-refractivity contribution < 1.29 is 13.6 Å². The Bertz CT molecular complexity index is 855. The fourth-order valence-corrected chi connectivity index (χ4v) is 3.07. The van der Waals surface area contributed by atoms with Crippen LogP contribution in [0.4, 0.5) is 0 Å². The van der Waals surface area contributed by atoms with Crippen molar-refractivity contribution in [1.82, 2.24) is 4.57 Å². The number of carbonyl (C=O) groups excluding carboxylic acids is 1. The Labute approximate surface area is 156 Å². The average Bonchev–Trinajstić information content (AvgIpc) is 2.44. The summed E-state index contributed by atoms with van der Waals surface area (Å²) >= 11 is 9.65. The SMILES string of the molecule is Cl.N=c1c(C(N)=O)cc(Cl)cn1Cc1cc(Cl)ccc1CS(=O)[O-]. The molecule has 2 rings (SSSR count). The Morgan fingerprint density at radius 3 is 2.50 bits per heavy atom. The van der Waals surface area contributed by atoms with Crippen molar-refractivity contribution in [1.29, 1.82) is 5.41 Å². The molecule has 0 bridgehead atoms. The number of benzene rings is 1. The van der Waals surface area contributed by atoms with Gasteiger partial charge in [-0.05, 0) is 29.3 Å². The van der Waals surface area contributed by atoms with Crippen molar-refractivity contribution in [3.8, 4) is 0 Å². The minimum absolute atomic E-state index is 0. The van der Waals surface area contributed by atoms with Crippen LogP contribution in [0.1, 0.15) is 21.5 Å². The van der Waals surface area contributed by atoms with Crippen LogP contribution in [-0.4, -0.2) is 19.2 Å². The number of rotatable bonds is 5. The highest BCUT2D eigenvalue weighted by atomic mass is 35.5. The maximum absolute atomic E-state index is 11.4. The van der Waals surface area contributed by atoms with Gasteiger partial charge in [0.15, 0.2) is 0 Å². The molecule has 1 atom stereocenters. The van der Waals surface area contributed by atoms with E-state index in [4.69, 9.17) is 34.3 Å². The Morgan fingerprint density at radius 1 is 1.25 bits per heavy atom. The summed E-state index contributed by atoms with van der Waals surface area (Å²) in [7, 11) is 0. The Morgan fingerprint density at radius 2 is 1.92 bits per heavy atom. The molecule has 0 aliphatic rings. The second kappa shape index (κ2) is 8.64. The fourth-order valence-electron chi connectivity index (χ4n) is 2.12. The van der Waals surface area contributed by atoms with Crippen molar-refractivity contribution in [3.63, 3.8) is 0 Å². The number of primary amides is 1. The predicted octanol–water partition coefficient (Wildman–Crippen LogP) is 2.22. The lowest BCUT2D eigenvalue weighted by Crippen LogP contribution is -2.30. The molecule has 1 heterocycles. The van der Waals surface area contributed by atoms with Crippen molar-refractivity contribution in [2.75, 3.05) is 0 Å². The number of halogens is 3. The molecule has 24 heavy (non-hydrogen) atoms. The van der Waals surface area contributed by atoms with E-state index in [0.717, 1.165) is 0 Å². The van der Waals surface area contributed by atoms with Crippen LogP contribution in [-0.2, 0) is 23.4 Å². The largest absolute Gasteiger partial charge is 0.772 e. The van der Waals surface area contributed by atoms with Crippen LogP contribution >= 0.6 is 35.6 Å². The van der Waals surface area contributed by atoms with Crippen LogP contribution in [0.15, 0.2) is 30.5 Å². The Kier molecular flexibility index (Phi) is 7.44. The number of hydrogen-bond donors (Lipinski definition) is 2. The average molecular weight is 410 g/mol. The number of aromatic nitrogens is 1. The van der Waals surface area contributed by atoms with Gasteiger partial charge in [-0.1, -0.05) is 40.3 Å². The number of nitrogens with two attached hydrogens (primary N) is 1. The first kappa shape index (κ1) is 20.7. The normalized spacial score (nSPS) is 11.6. The maximum atomic E-state index is 11.4. The minimum atomic E-state index is -2.26. The zero-order valence-corrected chi connectivity index (χ0v) is 15.3. The van der Waals surface area contributed by atoms with Crippen LogP contribution in [0.2, 0.25) is 10.0 Å². The molecule has 1 unspecified atom stereocenters. The molecule has 130 valence electrons. The molecule has 0 fully saturated rings. The van der Waals surface area contributed by atoms with Crippen LogP contribution in [0.5, 0.6) is 0 Å². The highest BCUT2D eigenvalue weighted by Gasteiger charge is 2.11. The summed E-state index contributed by atoms with van der Waals surface area (Å²) in [6, 6.07) is 6.12. The molecule has 0 aliphatic heterocycles. The molecule has 3 N–H and O–H groups in total. The summed E-state index contributed by atoms with van der Waals surface area (Å²) in [6.45, 7) is 0.132. The third kappa shape index (κ3) is 5.06. The highest BCUT2D eigenvalue weighted by Crippen LogP contribution is 2.19. The number of nitrogens with zero attached hydrogens (tertiary/aromatic N) is 1. The lowest BCUT2D eigenvalue weighted by molar-refractivity contribution is 0.0997. The standard InChI is InChI=1S/C14H13Cl2N3O3S.ClH/c15-10-2-1-8(7-23(21)22)9(3-10)5-19-6-11(16)4-12(13(19)17)14(18)20;/h1-4,6,17H,5,7H2,(H2,18,20)(H,21,22);1H/p-1. The third-order valence-corrected chi connectivity index (χ3v) is 4.14. The third-order valence-electron chi connectivity index (χ3n) is 3.15. The van der Waals surface area contributed by atoms with Gasteiger partial charge >= 0.3 is 0 Å². The molecular weight excluding hydrogens is 397 g/mol. The van der Waals surface area contributed by atoms with E-state index in [1.807, 2.05) is 0 Å². The van der Waals surface area contributed by atoms with Gasteiger partial charge in [-0.3, -0.25) is 14.4 Å². The van der Waals surface area contributed by atoms with Gasteiger partial charge in [0.25, 0.3) is 5.91 Å². The van der Waals surface area contributed by atoms with Gasteiger partial charge in [0, 0.05) is 23.5 Å². The van der Waals surface area contributed by atoms with Crippen LogP contribution in [0, 0.1) is 5.41 Å². The summed E-state index contributed by atoms with van der Waals surface area (Å²) < 4.78 is 23.3. The summed E-state index contributed by atoms with van der Waals surface area (Å²) in [4.78, 5) is 11.4. The highest BCUT2D eigenvalue weighted by molar-refractivity contribution is 7.78. The topological polar surface area (TPSA) is 112 Å². The smallest absolute Gasteiger partial charge is 0.252 e. The van der Waals surface area contributed by atoms with Crippen LogP contribution in [0.3, 0.4) is 0 Å². The van der Waals surface area contributed by atoms with Gasteiger partial charge in [0.05, 0.1) is 10.6 Å². The molecule has 0 saturated carbocycles. The van der Waals surface area contributed by atoms with Crippen LogP contribution in [0.25, 0.3) is 0 Å². The lowest BCUT2D eigenvalue weighted by atomic mass is 10.1. The summed E-state index contributed by atoms with van der Waals surface area (Å²) in [5, 5.41) is 8.71. The monoisotopic (exact) mass is 408 g/mol. The second-order valence-corrected chi connectivity index (χ2v) is 6.54. The van der Waals surface area contributed by atoms with Crippen molar-refractivity contribution >= 4 is 52.6 Å². The second-order valence-electron chi connectivity index (χ2n) is 4.77. The predicted molar refractivity (Wildman–Crippen MR) is 94.2 cm³/mol. The first-order chi connectivity index (χ1) is 10.8. The van der Waals surface area contributed by atoms with Crippen molar-refractivity contribution in [3.05, 3.63) is 62.7 Å². The van der Waals surface area contributed by atoms with Gasteiger partial charge < -0.3 is 14.9 Å². The maximum Gasteiger partial charge on any atom is 0.252 e. The van der Waals surface area contributed by atoms with E-state index in [-0.39, 0.29) is 40.8 Å². The summed E-state index contributed by atoms with van der Waals surface area (Å²) in [5.74, 6) is -0.942. The Hall–Kier alpha value is -1.38. The fraction of sp³-hybridized carbons (Fsp3) is 0.143. The molecule has 0 radical (unpaired) electrons. The zero-order valence-electron chi connectivity index (χ0n) is 12.1. The number of carbonyl (C=O) groups is 1. The molecule has 6 nitrogen and oxygen atoms in total. The van der Waals surface area contributed by atoms with Crippen molar-refractivity contribution in [2.24, 2.45) is 5.73 Å². The van der Waals surface area contributed by atoms with Gasteiger partial charge in [-0.15, -0.1) is 12.4 Å². The molecule has 1 aromatic heterocycles. The summed E-state index contributed by atoms with van der Waals surface area (Å²) in [5.41, 5.74) is 6.26. The molecule has 0 aliphatic carbocycles. The molecule has 1 amide bonds. The van der Waals surface area contributed by atoms with E-state index in [1.54, 1.807) is 18.2 Å².